The molecule has 2 N–H and O–H groups in total. The van der Waals surface area contributed by atoms with Gasteiger partial charge in [0.1, 0.15) is 5.75 Å². The fourth-order valence-electron chi connectivity index (χ4n) is 2.39. The molecule has 1 aliphatic heterocycles. The Bertz CT molecular complexity index is 416. The highest BCUT2D eigenvalue weighted by molar-refractivity contribution is 5.94. The molecule has 1 saturated heterocycles. The maximum Gasteiger partial charge on any atom is 0.253 e. The molecular formula is C14H19NO3. The molecule has 0 aromatic heterocycles. The fraction of sp³-hybridized carbons (Fsp3) is 0.500. The molecule has 0 unspecified atom stereocenters. The van der Waals surface area contributed by atoms with Crippen molar-refractivity contribution >= 4 is 5.91 Å². The first-order valence-electron chi connectivity index (χ1n) is 6.31. The van der Waals surface area contributed by atoms with E-state index in [0.717, 1.165) is 18.4 Å². The Balaban J connectivity index is 2.07. The predicted octanol–water partition coefficient (Wildman–Crippen LogP) is 1.55. The summed E-state index contributed by atoms with van der Waals surface area (Å²) in [6.45, 7) is 3.42. The second-order valence-electron chi connectivity index (χ2n) is 4.98. The molecule has 4 nitrogen and oxygen atoms in total. The second kappa shape index (κ2) is 5.40. The molecule has 0 aliphatic carbocycles. The van der Waals surface area contributed by atoms with Crippen molar-refractivity contribution in [3.05, 3.63) is 29.3 Å². The Morgan fingerprint density at radius 1 is 1.33 bits per heavy atom. The number of nitrogens with zero attached hydrogens (tertiary/aromatic N) is 1. The first-order chi connectivity index (χ1) is 8.60. The molecule has 1 fully saturated rings. The lowest BCUT2D eigenvalue weighted by Gasteiger charge is -2.31. The van der Waals surface area contributed by atoms with Crippen molar-refractivity contribution in [3.8, 4) is 5.75 Å². The van der Waals surface area contributed by atoms with Gasteiger partial charge in [-0.2, -0.15) is 0 Å². The number of hydrogen-bond donors (Lipinski definition) is 2. The first-order valence-corrected chi connectivity index (χ1v) is 6.31. The number of likely N-dealkylation sites (tertiary alicyclic amines) is 1. The minimum atomic E-state index is -0.0367. The minimum absolute atomic E-state index is 0.0367. The van der Waals surface area contributed by atoms with Crippen LogP contribution in [0.3, 0.4) is 0 Å². The lowest BCUT2D eigenvalue weighted by Crippen LogP contribution is -2.39. The zero-order valence-electron chi connectivity index (χ0n) is 10.6. The van der Waals surface area contributed by atoms with E-state index in [2.05, 4.69) is 0 Å². The number of carbonyl (C=O) groups excluding carboxylic acids is 1. The Labute approximate surface area is 107 Å². The minimum Gasteiger partial charge on any atom is -0.508 e. The van der Waals surface area contributed by atoms with Gasteiger partial charge in [-0.1, -0.05) is 0 Å². The highest BCUT2D eigenvalue weighted by Crippen LogP contribution is 2.21. The average molecular weight is 249 g/mol. The van der Waals surface area contributed by atoms with Crippen LogP contribution in [0.2, 0.25) is 0 Å². The molecule has 4 heteroatoms. The third-order valence-corrected chi connectivity index (χ3v) is 3.47. The van der Waals surface area contributed by atoms with E-state index in [1.807, 2.05) is 6.92 Å². The maximum atomic E-state index is 12.3. The number of phenols is 1. The van der Waals surface area contributed by atoms with Crippen LogP contribution in [0.4, 0.5) is 0 Å². The zero-order chi connectivity index (χ0) is 13.1. The largest absolute Gasteiger partial charge is 0.508 e. The molecule has 1 amide bonds. The van der Waals surface area contributed by atoms with Crippen molar-refractivity contribution in [2.24, 2.45) is 5.92 Å². The normalized spacial score (nSPS) is 16.9. The van der Waals surface area contributed by atoms with E-state index in [4.69, 9.17) is 5.11 Å². The summed E-state index contributed by atoms with van der Waals surface area (Å²) in [5.74, 6) is 0.411. The maximum absolute atomic E-state index is 12.3. The van der Waals surface area contributed by atoms with E-state index in [1.165, 1.54) is 6.07 Å². The third-order valence-electron chi connectivity index (χ3n) is 3.47. The van der Waals surface area contributed by atoms with Gasteiger partial charge in [0.25, 0.3) is 5.91 Å². The van der Waals surface area contributed by atoms with Crippen molar-refractivity contribution < 1.29 is 15.0 Å². The second-order valence-corrected chi connectivity index (χ2v) is 4.98. The third kappa shape index (κ3) is 2.82. The van der Waals surface area contributed by atoms with Crippen LogP contribution in [0.25, 0.3) is 0 Å². The van der Waals surface area contributed by atoms with Gasteiger partial charge >= 0.3 is 0 Å². The van der Waals surface area contributed by atoms with E-state index in [9.17, 15) is 9.90 Å². The Kier molecular flexibility index (Phi) is 3.87. The molecule has 0 bridgehead atoms. The van der Waals surface area contributed by atoms with Gasteiger partial charge in [-0.3, -0.25) is 4.79 Å². The lowest BCUT2D eigenvalue weighted by molar-refractivity contribution is 0.0650. The molecule has 1 aromatic carbocycles. The van der Waals surface area contributed by atoms with E-state index in [1.54, 1.807) is 17.0 Å². The van der Waals surface area contributed by atoms with Gasteiger partial charge in [0.05, 0.1) is 0 Å². The zero-order valence-corrected chi connectivity index (χ0v) is 10.6. The van der Waals surface area contributed by atoms with E-state index in [0.29, 0.717) is 24.6 Å². The number of phenolic OH excluding ortho intramolecular Hbond substituents is 1. The van der Waals surface area contributed by atoms with Gasteiger partial charge in [-0.25, -0.2) is 0 Å². The van der Waals surface area contributed by atoms with E-state index < -0.39 is 0 Å². The lowest BCUT2D eigenvalue weighted by atomic mass is 9.97. The molecule has 0 atom stereocenters. The monoisotopic (exact) mass is 249 g/mol. The van der Waals surface area contributed by atoms with Gasteiger partial charge in [0.15, 0.2) is 0 Å². The van der Waals surface area contributed by atoms with Gasteiger partial charge in [-0.15, -0.1) is 0 Å². The number of benzene rings is 1. The van der Waals surface area contributed by atoms with Crippen molar-refractivity contribution in [1.29, 1.82) is 0 Å². The molecule has 1 aromatic rings. The van der Waals surface area contributed by atoms with Crippen LogP contribution in [0, 0.1) is 12.8 Å². The molecule has 0 radical (unpaired) electrons. The first kappa shape index (κ1) is 12.9. The van der Waals surface area contributed by atoms with Gasteiger partial charge < -0.3 is 15.1 Å². The van der Waals surface area contributed by atoms with Crippen LogP contribution in [0.5, 0.6) is 5.75 Å². The van der Waals surface area contributed by atoms with Crippen LogP contribution >= 0.6 is 0 Å². The molecule has 18 heavy (non-hydrogen) atoms. The Hall–Kier alpha value is -1.55. The molecule has 0 spiro atoms. The van der Waals surface area contributed by atoms with Gasteiger partial charge in [0, 0.05) is 25.3 Å². The molecule has 98 valence electrons. The van der Waals surface area contributed by atoms with Crippen LogP contribution in [0.15, 0.2) is 18.2 Å². The summed E-state index contributed by atoms with van der Waals surface area (Å²) >= 11 is 0. The topological polar surface area (TPSA) is 60.8 Å². The number of rotatable bonds is 2. The van der Waals surface area contributed by atoms with Crippen LogP contribution in [-0.4, -0.2) is 40.7 Å². The number of piperidine rings is 1. The summed E-state index contributed by atoms with van der Waals surface area (Å²) in [5, 5.41) is 18.6. The van der Waals surface area contributed by atoms with Crippen molar-refractivity contribution in [2.45, 2.75) is 19.8 Å². The number of amides is 1. The van der Waals surface area contributed by atoms with Crippen LogP contribution in [-0.2, 0) is 0 Å². The van der Waals surface area contributed by atoms with Crippen LogP contribution < -0.4 is 0 Å². The average Bonchev–Trinajstić information content (AvgIpc) is 2.37. The van der Waals surface area contributed by atoms with Gasteiger partial charge in [-0.05, 0) is 49.4 Å². The number of aryl methyl sites for hydroxylation is 1. The standard InChI is InChI=1S/C14H19NO3/c1-10-6-12(8-13(17)7-10)14(18)15-4-2-11(9-16)3-5-15/h6-8,11,16-17H,2-5,9H2,1H3. The summed E-state index contributed by atoms with van der Waals surface area (Å²) in [5.41, 5.74) is 1.42. The number of aliphatic hydroxyl groups is 1. The summed E-state index contributed by atoms with van der Waals surface area (Å²) in [4.78, 5) is 14.0. The quantitative estimate of drug-likeness (QED) is 0.836. The summed E-state index contributed by atoms with van der Waals surface area (Å²) in [6.07, 6.45) is 1.69. The van der Waals surface area contributed by atoms with Gasteiger partial charge in [0.2, 0.25) is 0 Å². The van der Waals surface area contributed by atoms with Crippen molar-refractivity contribution in [3.63, 3.8) is 0 Å². The Morgan fingerprint density at radius 3 is 2.56 bits per heavy atom. The predicted molar refractivity (Wildman–Crippen MR) is 68.6 cm³/mol. The Morgan fingerprint density at radius 2 is 2.00 bits per heavy atom. The highest BCUT2D eigenvalue weighted by Gasteiger charge is 2.23. The number of carbonyl (C=O) groups is 1. The summed E-state index contributed by atoms with van der Waals surface area (Å²) in [6, 6.07) is 4.93. The summed E-state index contributed by atoms with van der Waals surface area (Å²) < 4.78 is 0. The number of aliphatic hydroxyl groups excluding tert-OH is 1. The molecular weight excluding hydrogens is 230 g/mol. The highest BCUT2D eigenvalue weighted by atomic mass is 16.3. The number of hydrogen-bond acceptors (Lipinski definition) is 3. The van der Waals surface area contributed by atoms with Crippen molar-refractivity contribution in [2.75, 3.05) is 19.7 Å². The van der Waals surface area contributed by atoms with E-state index in [-0.39, 0.29) is 18.3 Å². The SMILES string of the molecule is Cc1cc(O)cc(C(=O)N2CCC(CO)CC2)c1. The molecule has 1 aliphatic rings. The fourth-order valence-corrected chi connectivity index (χ4v) is 2.39. The van der Waals surface area contributed by atoms with Crippen molar-refractivity contribution in [1.82, 2.24) is 4.90 Å². The molecule has 2 rings (SSSR count). The summed E-state index contributed by atoms with van der Waals surface area (Å²) in [7, 11) is 0. The van der Waals surface area contributed by atoms with Crippen LogP contribution in [0.1, 0.15) is 28.8 Å². The molecule has 0 saturated carbocycles. The van der Waals surface area contributed by atoms with E-state index >= 15 is 0 Å². The number of aromatic hydroxyl groups is 1. The smallest absolute Gasteiger partial charge is 0.253 e. The molecule has 1 heterocycles.